The minimum Gasteiger partial charge on any atom is -0.465 e. The zero-order chi connectivity index (χ0) is 15.2. The molecule has 1 unspecified atom stereocenters. The van der Waals surface area contributed by atoms with Crippen LogP contribution in [0.3, 0.4) is 0 Å². The fraction of sp³-hybridized carbons (Fsp3) is 0.357. The first kappa shape index (κ1) is 15.4. The predicted octanol–water partition coefficient (Wildman–Crippen LogP) is 2.49. The molecule has 7 heteroatoms. The van der Waals surface area contributed by atoms with E-state index in [-0.39, 0.29) is 6.61 Å². The van der Waals surface area contributed by atoms with E-state index in [1.54, 1.807) is 20.0 Å². The minimum atomic E-state index is -0.698. The number of esters is 1. The van der Waals surface area contributed by atoms with Crippen molar-refractivity contribution in [1.29, 1.82) is 0 Å². The van der Waals surface area contributed by atoms with Crippen LogP contribution >= 0.6 is 11.8 Å². The smallest absolute Gasteiger partial charge is 0.367 e. The molecule has 0 bridgehead atoms. The molecule has 0 N–H and O–H groups in total. The van der Waals surface area contributed by atoms with Crippen molar-refractivity contribution in [2.24, 2.45) is 15.9 Å². The third-order valence-electron chi connectivity index (χ3n) is 2.76. The fourth-order valence-corrected chi connectivity index (χ4v) is 2.86. The van der Waals surface area contributed by atoms with Crippen LogP contribution in [0.1, 0.15) is 19.5 Å². The van der Waals surface area contributed by atoms with Gasteiger partial charge in [-0.3, -0.25) is 9.78 Å². The van der Waals surface area contributed by atoms with Crippen LogP contribution in [0.2, 0.25) is 0 Å². The maximum atomic E-state index is 12.0. The second kappa shape index (κ2) is 7.12. The molecule has 6 nitrogen and oxygen atoms in total. The highest BCUT2D eigenvalue weighted by Gasteiger charge is 2.33. The number of hydrogen-bond donors (Lipinski definition) is 0. The number of aromatic nitrogens is 1. The molecule has 0 aliphatic carbocycles. The average Bonchev–Trinajstić information content (AvgIpc) is 2.45. The van der Waals surface area contributed by atoms with Gasteiger partial charge in [0.15, 0.2) is 0 Å². The number of pyridine rings is 1. The molecule has 21 heavy (non-hydrogen) atoms. The molecule has 0 radical (unpaired) electrons. The number of carbonyl (C=O) groups excluding carboxylic acids is 2. The quantitative estimate of drug-likeness (QED) is 0.798. The summed E-state index contributed by atoms with van der Waals surface area (Å²) in [4.78, 5) is 35.3. The van der Waals surface area contributed by atoms with Crippen molar-refractivity contribution in [3.8, 4) is 0 Å². The molecule has 110 valence electrons. The van der Waals surface area contributed by atoms with Crippen LogP contribution in [-0.4, -0.2) is 34.3 Å². The van der Waals surface area contributed by atoms with Crippen molar-refractivity contribution in [2.45, 2.75) is 19.6 Å². The van der Waals surface area contributed by atoms with Gasteiger partial charge in [-0.25, -0.2) is 4.79 Å². The molecule has 2 heterocycles. The lowest BCUT2D eigenvalue weighted by Gasteiger charge is -2.19. The molecule has 1 atom stereocenters. The van der Waals surface area contributed by atoms with E-state index in [9.17, 15) is 9.59 Å². The summed E-state index contributed by atoms with van der Waals surface area (Å²) < 4.78 is 5.03. The first-order valence-corrected chi connectivity index (χ1v) is 7.47. The zero-order valence-corrected chi connectivity index (χ0v) is 12.6. The molecule has 1 aromatic heterocycles. The van der Waals surface area contributed by atoms with Gasteiger partial charge in [0.2, 0.25) is 0 Å². The molecular formula is C14H15N3O3S. The average molecular weight is 305 g/mol. The Morgan fingerprint density at radius 2 is 2.19 bits per heavy atom. The molecule has 1 aliphatic rings. The van der Waals surface area contributed by atoms with E-state index in [0.717, 1.165) is 5.69 Å². The van der Waals surface area contributed by atoms with Crippen LogP contribution in [0.25, 0.3) is 0 Å². The Morgan fingerprint density at radius 1 is 1.38 bits per heavy atom. The van der Waals surface area contributed by atoms with Gasteiger partial charge < -0.3 is 4.74 Å². The Morgan fingerprint density at radius 3 is 2.86 bits per heavy atom. The fourth-order valence-electron chi connectivity index (χ4n) is 1.82. The van der Waals surface area contributed by atoms with E-state index in [1.165, 1.54) is 11.8 Å². The molecule has 1 aliphatic heterocycles. The van der Waals surface area contributed by atoms with Crippen LogP contribution < -0.4 is 0 Å². The van der Waals surface area contributed by atoms with Crippen LogP contribution in [0.4, 0.5) is 4.79 Å². The number of ether oxygens (including phenoxy) is 1. The highest BCUT2D eigenvalue weighted by atomic mass is 32.2. The number of aliphatic imine (C=N–C) groups is 2. The highest BCUT2D eigenvalue weighted by molar-refractivity contribution is 8.13. The molecule has 1 aromatic rings. The Bertz CT molecular complexity index is 599. The summed E-state index contributed by atoms with van der Waals surface area (Å²) >= 11 is 1.31. The number of amides is 2. The summed E-state index contributed by atoms with van der Waals surface area (Å²) in [6.07, 6.45) is 1.69. The highest BCUT2D eigenvalue weighted by Crippen LogP contribution is 2.23. The topological polar surface area (TPSA) is 81.0 Å². The van der Waals surface area contributed by atoms with Crippen molar-refractivity contribution >= 4 is 34.5 Å². The first-order chi connectivity index (χ1) is 10.1. The number of urea groups is 1. The Labute approximate surface area is 126 Å². The second-order valence-corrected chi connectivity index (χ2v) is 5.28. The summed E-state index contributed by atoms with van der Waals surface area (Å²) in [6, 6.07) is 5.00. The normalized spacial score (nSPS) is 18.0. The maximum Gasteiger partial charge on any atom is 0.367 e. The van der Waals surface area contributed by atoms with Crippen LogP contribution in [-0.2, 0) is 15.3 Å². The largest absolute Gasteiger partial charge is 0.465 e. The SMILES string of the molecule is CCOC(=O)C1C(C)=NC(=O)N=C1SCc1ccccn1. The van der Waals surface area contributed by atoms with Crippen molar-refractivity contribution < 1.29 is 14.3 Å². The Balaban J connectivity index is 2.13. The molecule has 0 spiro atoms. The van der Waals surface area contributed by atoms with E-state index >= 15 is 0 Å². The van der Waals surface area contributed by atoms with Gasteiger partial charge in [0.1, 0.15) is 5.92 Å². The first-order valence-electron chi connectivity index (χ1n) is 6.49. The summed E-state index contributed by atoms with van der Waals surface area (Å²) in [5, 5.41) is 0.414. The molecule has 0 fully saturated rings. The molecule has 0 aromatic carbocycles. The molecule has 2 amide bonds. The van der Waals surface area contributed by atoms with Gasteiger partial charge in [-0.15, -0.1) is 11.8 Å². The molecular weight excluding hydrogens is 290 g/mol. The number of rotatable bonds is 4. The van der Waals surface area contributed by atoms with Gasteiger partial charge in [-0.1, -0.05) is 6.07 Å². The Kier molecular flexibility index (Phi) is 5.21. The third-order valence-corrected chi connectivity index (χ3v) is 3.82. The van der Waals surface area contributed by atoms with Crippen LogP contribution in [0, 0.1) is 5.92 Å². The summed E-state index contributed by atoms with van der Waals surface area (Å²) in [6.45, 7) is 3.64. The maximum absolute atomic E-state index is 12.0. The molecule has 0 saturated carbocycles. The van der Waals surface area contributed by atoms with Gasteiger partial charge in [-0.2, -0.15) is 9.98 Å². The van der Waals surface area contributed by atoms with Crippen LogP contribution in [0.15, 0.2) is 34.4 Å². The van der Waals surface area contributed by atoms with Crippen LogP contribution in [0.5, 0.6) is 0 Å². The van der Waals surface area contributed by atoms with E-state index in [1.807, 2.05) is 18.2 Å². The van der Waals surface area contributed by atoms with E-state index in [0.29, 0.717) is 16.5 Å². The van der Waals surface area contributed by atoms with Crippen molar-refractivity contribution in [3.05, 3.63) is 30.1 Å². The lowest BCUT2D eigenvalue weighted by molar-refractivity contribution is -0.143. The monoisotopic (exact) mass is 305 g/mol. The number of hydrogen-bond acceptors (Lipinski definition) is 5. The standard InChI is InChI=1S/C14H15N3O3S/c1-3-20-13(18)11-9(2)16-14(19)17-12(11)21-8-10-6-4-5-7-15-10/h4-7,11H,3,8H2,1-2H3. The molecule has 0 saturated heterocycles. The zero-order valence-electron chi connectivity index (χ0n) is 11.8. The van der Waals surface area contributed by atoms with Crippen molar-refractivity contribution in [1.82, 2.24) is 4.98 Å². The summed E-state index contributed by atoms with van der Waals surface area (Å²) in [5.41, 5.74) is 1.26. The van der Waals surface area contributed by atoms with Gasteiger partial charge in [-0.05, 0) is 26.0 Å². The number of carbonyl (C=O) groups is 2. The number of thioether (sulfide) groups is 1. The van der Waals surface area contributed by atoms with Gasteiger partial charge in [0.05, 0.1) is 17.3 Å². The second-order valence-electron chi connectivity index (χ2n) is 4.28. The van der Waals surface area contributed by atoms with Crippen molar-refractivity contribution in [2.75, 3.05) is 6.61 Å². The summed E-state index contributed by atoms with van der Waals surface area (Å²) in [7, 11) is 0. The van der Waals surface area contributed by atoms with E-state index < -0.39 is 17.9 Å². The van der Waals surface area contributed by atoms with Gasteiger partial charge in [0, 0.05) is 17.7 Å². The lowest BCUT2D eigenvalue weighted by Crippen LogP contribution is -2.34. The molecule has 2 rings (SSSR count). The third kappa shape index (κ3) is 3.98. The lowest BCUT2D eigenvalue weighted by atomic mass is 10.1. The van der Waals surface area contributed by atoms with E-state index in [4.69, 9.17) is 4.74 Å². The Hall–Kier alpha value is -2.02. The van der Waals surface area contributed by atoms with Gasteiger partial charge in [0.25, 0.3) is 0 Å². The van der Waals surface area contributed by atoms with Crippen molar-refractivity contribution in [3.63, 3.8) is 0 Å². The van der Waals surface area contributed by atoms with Gasteiger partial charge >= 0.3 is 12.0 Å². The summed E-state index contributed by atoms with van der Waals surface area (Å²) in [5.74, 6) is -0.606. The predicted molar refractivity (Wildman–Crippen MR) is 81.6 cm³/mol. The van der Waals surface area contributed by atoms with E-state index in [2.05, 4.69) is 15.0 Å². The number of nitrogens with zero attached hydrogens (tertiary/aromatic N) is 3. The minimum absolute atomic E-state index is 0.273.